The first kappa shape index (κ1) is 10.4. The minimum atomic E-state index is -0.295. The summed E-state index contributed by atoms with van der Waals surface area (Å²) < 4.78 is 13.0. The number of aromatic nitrogens is 2. The van der Waals surface area contributed by atoms with Gasteiger partial charge in [0.25, 0.3) is 0 Å². The van der Waals surface area contributed by atoms with E-state index in [1.54, 1.807) is 18.2 Å². The van der Waals surface area contributed by atoms with Crippen LogP contribution in [-0.2, 0) is 0 Å². The Morgan fingerprint density at radius 3 is 2.69 bits per heavy atom. The van der Waals surface area contributed by atoms with Crippen molar-refractivity contribution in [3.8, 4) is 0 Å². The molecule has 16 heavy (non-hydrogen) atoms. The van der Waals surface area contributed by atoms with Crippen molar-refractivity contribution in [2.45, 2.75) is 6.92 Å². The summed E-state index contributed by atoms with van der Waals surface area (Å²) >= 11 is 0. The van der Waals surface area contributed by atoms with Crippen LogP contribution < -0.4 is 11.1 Å². The summed E-state index contributed by atoms with van der Waals surface area (Å²) in [7, 11) is 0. The number of nitrogens with one attached hydrogen (secondary N) is 1. The molecule has 82 valence electrons. The number of rotatable bonds is 2. The Morgan fingerprint density at radius 1 is 1.19 bits per heavy atom. The van der Waals surface area contributed by atoms with Crippen LogP contribution in [0.1, 0.15) is 5.56 Å². The van der Waals surface area contributed by atoms with Crippen molar-refractivity contribution >= 4 is 17.3 Å². The summed E-state index contributed by atoms with van der Waals surface area (Å²) in [6.07, 6.45) is 0. The molecule has 2 aromatic rings. The molecule has 0 aliphatic heterocycles. The number of hydrogen-bond donors (Lipinski definition) is 2. The van der Waals surface area contributed by atoms with E-state index in [1.807, 2.05) is 6.92 Å². The average molecular weight is 218 g/mol. The van der Waals surface area contributed by atoms with Crippen LogP contribution in [0.2, 0.25) is 0 Å². The van der Waals surface area contributed by atoms with Crippen LogP contribution in [-0.4, -0.2) is 10.2 Å². The highest BCUT2D eigenvalue weighted by Crippen LogP contribution is 2.19. The second-order valence-electron chi connectivity index (χ2n) is 3.43. The Kier molecular flexibility index (Phi) is 2.68. The van der Waals surface area contributed by atoms with Gasteiger partial charge in [-0.05, 0) is 36.8 Å². The predicted octanol–water partition coefficient (Wildman–Crippen LogP) is 2.25. The van der Waals surface area contributed by atoms with E-state index in [-0.39, 0.29) is 5.82 Å². The molecule has 0 radical (unpaired) electrons. The Morgan fingerprint density at radius 2 is 2.00 bits per heavy atom. The molecule has 0 amide bonds. The van der Waals surface area contributed by atoms with Gasteiger partial charge in [0.2, 0.25) is 0 Å². The third-order valence-corrected chi connectivity index (χ3v) is 2.15. The van der Waals surface area contributed by atoms with Gasteiger partial charge in [-0.1, -0.05) is 6.07 Å². The number of benzene rings is 1. The quantitative estimate of drug-likeness (QED) is 0.811. The van der Waals surface area contributed by atoms with Crippen LogP contribution in [0.15, 0.2) is 30.3 Å². The van der Waals surface area contributed by atoms with Gasteiger partial charge in [-0.15, -0.1) is 10.2 Å². The SMILES string of the molecule is Cc1ccc(F)cc1Nc1ccc(N)nn1. The fourth-order valence-corrected chi connectivity index (χ4v) is 1.28. The number of nitrogens with two attached hydrogens (primary N) is 1. The molecule has 3 N–H and O–H groups in total. The lowest BCUT2D eigenvalue weighted by atomic mass is 10.2. The first-order valence-electron chi connectivity index (χ1n) is 4.77. The molecule has 0 bridgehead atoms. The lowest BCUT2D eigenvalue weighted by Crippen LogP contribution is -1.99. The number of nitrogen functional groups attached to an aromatic ring is 1. The van der Waals surface area contributed by atoms with Crippen LogP contribution in [0, 0.1) is 12.7 Å². The number of anilines is 3. The molecular formula is C11H11FN4. The third kappa shape index (κ3) is 2.25. The topological polar surface area (TPSA) is 63.8 Å². The third-order valence-electron chi connectivity index (χ3n) is 2.15. The first-order valence-corrected chi connectivity index (χ1v) is 4.77. The maximum atomic E-state index is 13.0. The molecule has 1 heterocycles. The highest BCUT2D eigenvalue weighted by Gasteiger charge is 2.02. The fraction of sp³-hybridized carbons (Fsp3) is 0.0909. The van der Waals surface area contributed by atoms with Crippen LogP contribution in [0.4, 0.5) is 21.7 Å². The van der Waals surface area contributed by atoms with Gasteiger partial charge in [0.15, 0.2) is 5.82 Å². The Balaban J connectivity index is 2.26. The summed E-state index contributed by atoms with van der Waals surface area (Å²) in [6.45, 7) is 1.88. The van der Waals surface area contributed by atoms with Crippen LogP contribution in [0.5, 0.6) is 0 Å². The van der Waals surface area contributed by atoms with Gasteiger partial charge in [-0.3, -0.25) is 0 Å². The van der Waals surface area contributed by atoms with Gasteiger partial charge in [-0.25, -0.2) is 4.39 Å². The lowest BCUT2D eigenvalue weighted by molar-refractivity contribution is 0.628. The van der Waals surface area contributed by atoms with Gasteiger partial charge in [0.1, 0.15) is 11.6 Å². The Labute approximate surface area is 92.3 Å². The Bertz CT molecular complexity index is 496. The average Bonchev–Trinajstić information content (AvgIpc) is 2.27. The molecule has 0 unspecified atom stereocenters. The molecule has 0 saturated heterocycles. The van der Waals surface area contributed by atoms with Gasteiger partial charge in [0.05, 0.1) is 0 Å². The van der Waals surface area contributed by atoms with Gasteiger partial charge >= 0.3 is 0 Å². The predicted molar refractivity (Wildman–Crippen MR) is 60.9 cm³/mol. The van der Waals surface area contributed by atoms with Crippen LogP contribution >= 0.6 is 0 Å². The van der Waals surface area contributed by atoms with Crippen molar-refractivity contribution in [3.63, 3.8) is 0 Å². The number of aryl methyl sites for hydroxylation is 1. The van der Waals surface area contributed by atoms with E-state index in [2.05, 4.69) is 15.5 Å². The van der Waals surface area contributed by atoms with E-state index in [4.69, 9.17) is 5.73 Å². The number of hydrogen-bond acceptors (Lipinski definition) is 4. The van der Waals surface area contributed by atoms with Gasteiger partial charge < -0.3 is 11.1 Å². The largest absolute Gasteiger partial charge is 0.382 e. The standard InChI is InChI=1S/C11H11FN4/c1-7-2-3-8(12)6-9(7)14-11-5-4-10(13)15-16-11/h2-6H,1H3,(H2,13,15)(H,14,16). The first-order chi connectivity index (χ1) is 7.65. The van der Waals surface area contributed by atoms with Crippen LogP contribution in [0.3, 0.4) is 0 Å². The molecule has 0 fully saturated rings. The van der Waals surface area contributed by atoms with Gasteiger partial charge in [0, 0.05) is 5.69 Å². The van der Waals surface area contributed by atoms with Crippen molar-refractivity contribution in [3.05, 3.63) is 41.7 Å². The molecule has 1 aromatic heterocycles. The zero-order valence-electron chi connectivity index (χ0n) is 8.74. The monoisotopic (exact) mass is 218 g/mol. The van der Waals surface area contributed by atoms with Crippen molar-refractivity contribution in [1.82, 2.24) is 10.2 Å². The minimum Gasteiger partial charge on any atom is -0.382 e. The number of nitrogens with zero attached hydrogens (tertiary/aromatic N) is 2. The summed E-state index contributed by atoms with van der Waals surface area (Å²) in [5, 5.41) is 10.5. The molecular weight excluding hydrogens is 207 g/mol. The molecule has 1 aromatic carbocycles. The smallest absolute Gasteiger partial charge is 0.153 e. The molecule has 0 saturated carbocycles. The molecule has 2 rings (SSSR count). The normalized spacial score (nSPS) is 10.1. The molecule has 5 heteroatoms. The second-order valence-corrected chi connectivity index (χ2v) is 3.43. The molecule has 4 nitrogen and oxygen atoms in total. The van der Waals surface area contributed by atoms with Crippen molar-refractivity contribution < 1.29 is 4.39 Å². The van der Waals surface area contributed by atoms with E-state index in [9.17, 15) is 4.39 Å². The summed E-state index contributed by atoms with van der Waals surface area (Å²) in [4.78, 5) is 0. The van der Waals surface area contributed by atoms with Crippen molar-refractivity contribution in [1.29, 1.82) is 0 Å². The highest BCUT2D eigenvalue weighted by atomic mass is 19.1. The molecule has 0 atom stereocenters. The zero-order valence-corrected chi connectivity index (χ0v) is 8.74. The van der Waals surface area contributed by atoms with Gasteiger partial charge in [-0.2, -0.15) is 0 Å². The van der Waals surface area contributed by atoms with Crippen molar-refractivity contribution in [2.75, 3.05) is 11.1 Å². The van der Waals surface area contributed by atoms with E-state index in [0.717, 1.165) is 5.56 Å². The number of halogens is 1. The fourth-order valence-electron chi connectivity index (χ4n) is 1.28. The maximum Gasteiger partial charge on any atom is 0.153 e. The summed E-state index contributed by atoms with van der Waals surface area (Å²) in [5.74, 6) is 0.584. The molecule has 0 aliphatic rings. The van der Waals surface area contributed by atoms with E-state index in [1.165, 1.54) is 12.1 Å². The van der Waals surface area contributed by atoms with E-state index in [0.29, 0.717) is 17.3 Å². The summed E-state index contributed by atoms with van der Waals surface area (Å²) in [6, 6.07) is 7.83. The van der Waals surface area contributed by atoms with Crippen molar-refractivity contribution in [2.24, 2.45) is 0 Å². The maximum absolute atomic E-state index is 13.0. The molecule has 0 aliphatic carbocycles. The highest BCUT2D eigenvalue weighted by molar-refractivity contribution is 5.60. The van der Waals surface area contributed by atoms with Crippen LogP contribution in [0.25, 0.3) is 0 Å². The zero-order chi connectivity index (χ0) is 11.5. The Hall–Kier alpha value is -2.17. The van der Waals surface area contributed by atoms with E-state index >= 15 is 0 Å². The van der Waals surface area contributed by atoms with E-state index < -0.39 is 0 Å². The second kappa shape index (κ2) is 4.14. The minimum absolute atomic E-state index is 0.295. The lowest BCUT2D eigenvalue weighted by Gasteiger charge is -2.08. The summed E-state index contributed by atoms with van der Waals surface area (Å²) in [5.41, 5.74) is 7.01. The molecule has 0 spiro atoms.